The van der Waals surface area contributed by atoms with Crippen LogP contribution in [0.2, 0.25) is 0 Å². The van der Waals surface area contributed by atoms with Crippen LogP contribution in [0.25, 0.3) is 21.9 Å². The maximum atomic E-state index is 13.2. The maximum Gasteiger partial charge on any atom is 0.501 e. The van der Waals surface area contributed by atoms with E-state index in [-0.39, 0.29) is 36.5 Å². The zero-order valence-electron chi connectivity index (χ0n) is 21.0. The molecule has 0 aliphatic rings. The number of alkyl halides is 3. The van der Waals surface area contributed by atoms with Gasteiger partial charge in [-0.15, -0.1) is 0 Å². The third kappa shape index (κ3) is 6.67. The summed E-state index contributed by atoms with van der Waals surface area (Å²) in [6.07, 6.45) is 2.23. The number of rotatable bonds is 11. The van der Waals surface area contributed by atoms with E-state index >= 15 is 0 Å². The van der Waals surface area contributed by atoms with E-state index in [2.05, 4.69) is 15.0 Å². The Labute approximate surface area is 229 Å². The average molecular weight is 594 g/mol. The van der Waals surface area contributed by atoms with E-state index in [1.54, 1.807) is 18.3 Å². The van der Waals surface area contributed by atoms with Crippen LogP contribution in [-0.4, -0.2) is 52.1 Å². The molecule has 0 spiro atoms. The van der Waals surface area contributed by atoms with Crippen LogP contribution in [0.5, 0.6) is 0 Å². The fraction of sp³-hybridized carbons (Fsp3) is 0.222. The fourth-order valence-corrected chi connectivity index (χ4v) is 6.12. The highest BCUT2D eigenvalue weighted by Gasteiger charge is 2.46. The smallest absolute Gasteiger partial charge is 0.388 e. The van der Waals surface area contributed by atoms with Crippen molar-refractivity contribution in [1.82, 2.24) is 15.0 Å². The zero-order valence-corrected chi connectivity index (χ0v) is 22.6. The predicted octanol–water partition coefficient (Wildman–Crippen LogP) is 4.19. The van der Waals surface area contributed by atoms with Crippen LogP contribution in [0.3, 0.4) is 0 Å². The number of aliphatic hydroxyl groups is 1. The SMILES string of the molecule is O=S(=O)(NCCNCCC(O)c1ccc(S(=O)(=O)C(F)(F)F)cc1)c1cc(-c2ccccc2)cc2cnccc12. The second-order valence-corrected chi connectivity index (χ2v) is 12.6. The number of pyridine rings is 1. The van der Waals surface area contributed by atoms with E-state index in [9.17, 15) is 35.1 Å². The molecule has 1 heterocycles. The Morgan fingerprint density at radius 3 is 2.23 bits per heavy atom. The van der Waals surface area contributed by atoms with E-state index in [0.717, 1.165) is 35.4 Å². The molecule has 0 amide bonds. The third-order valence-corrected chi connectivity index (χ3v) is 9.18. The summed E-state index contributed by atoms with van der Waals surface area (Å²) in [6.45, 7) is 0.570. The van der Waals surface area contributed by atoms with Gasteiger partial charge in [-0.2, -0.15) is 13.2 Å². The van der Waals surface area contributed by atoms with Gasteiger partial charge in [-0.05, 0) is 60.0 Å². The van der Waals surface area contributed by atoms with Gasteiger partial charge in [-0.1, -0.05) is 42.5 Å². The number of aromatic nitrogens is 1. The van der Waals surface area contributed by atoms with Gasteiger partial charge in [0.15, 0.2) is 0 Å². The summed E-state index contributed by atoms with van der Waals surface area (Å²) in [5.74, 6) is 0. The van der Waals surface area contributed by atoms with Crippen molar-refractivity contribution in [3.05, 3.63) is 90.8 Å². The van der Waals surface area contributed by atoms with Crippen molar-refractivity contribution in [2.75, 3.05) is 19.6 Å². The molecule has 0 aliphatic heterocycles. The molecule has 0 saturated heterocycles. The second kappa shape index (κ2) is 12.0. The van der Waals surface area contributed by atoms with Crippen LogP contribution in [0.4, 0.5) is 13.2 Å². The number of hydrogen-bond donors (Lipinski definition) is 3. The number of hydrogen-bond acceptors (Lipinski definition) is 7. The number of fused-ring (bicyclic) bond motifs is 1. The molecule has 4 aromatic rings. The predicted molar refractivity (Wildman–Crippen MR) is 144 cm³/mol. The molecule has 0 aliphatic carbocycles. The van der Waals surface area contributed by atoms with Crippen LogP contribution < -0.4 is 10.0 Å². The largest absolute Gasteiger partial charge is 0.501 e. The summed E-state index contributed by atoms with van der Waals surface area (Å²) >= 11 is 0. The Kier molecular flexibility index (Phi) is 8.90. The van der Waals surface area contributed by atoms with Crippen LogP contribution in [-0.2, 0) is 19.9 Å². The average Bonchev–Trinajstić information content (AvgIpc) is 2.94. The van der Waals surface area contributed by atoms with Crippen LogP contribution >= 0.6 is 0 Å². The van der Waals surface area contributed by atoms with Gasteiger partial charge in [0.05, 0.1) is 15.9 Å². The standard InChI is InChI=1S/C27H26F3N3O5S2/c28-27(29,30)39(35,36)23-8-6-20(7-9-23)25(34)11-13-31-14-15-33-40(37,38)26-17-21(19-4-2-1-3-5-19)16-22-18-32-12-10-24(22)26/h1-10,12,16-18,25,31,33-34H,11,13-15H2. The first-order chi connectivity index (χ1) is 18.9. The van der Waals surface area contributed by atoms with Crippen molar-refractivity contribution < 1.29 is 35.1 Å². The van der Waals surface area contributed by atoms with Gasteiger partial charge in [0.25, 0.3) is 9.84 Å². The molecule has 3 N–H and O–H groups in total. The van der Waals surface area contributed by atoms with Crippen molar-refractivity contribution >= 4 is 30.6 Å². The minimum Gasteiger partial charge on any atom is -0.388 e. The Morgan fingerprint density at radius 2 is 1.55 bits per heavy atom. The van der Waals surface area contributed by atoms with Gasteiger partial charge in [0.1, 0.15) is 0 Å². The number of nitrogens with zero attached hydrogens (tertiary/aromatic N) is 1. The van der Waals surface area contributed by atoms with Crippen molar-refractivity contribution in [2.24, 2.45) is 0 Å². The number of benzene rings is 3. The van der Waals surface area contributed by atoms with E-state index in [1.165, 1.54) is 6.20 Å². The Hall–Kier alpha value is -3.36. The van der Waals surface area contributed by atoms with E-state index in [4.69, 9.17) is 0 Å². The molecule has 1 unspecified atom stereocenters. The van der Waals surface area contributed by atoms with E-state index < -0.39 is 36.4 Å². The Bertz CT molecular complexity index is 1680. The van der Waals surface area contributed by atoms with Gasteiger partial charge in [0.2, 0.25) is 10.0 Å². The van der Waals surface area contributed by atoms with Gasteiger partial charge >= 0.3 is 5.51 Å². The maximum absolute atomic E-state index is 13.2. The third-order valence-electron chi connectivity index (χ3n) is 6.18. The molecule has 3 aromatic carbocycles. The number of halogens is 3. The highest BCUT2D eigenvalue weighted by atomic mass is 32.2. The number of nitrogens with one attached hydrogen (secondary N) is 2. The molecule has 0 saturated carbocycles. The molecule has 1 aromatic heterocycles. The normalized spacial score (nSPS) is 13.4. The molecule has 212 valence electrons. The molecule has 13 heteroatoms. The van der Waals surface area contributed by atoms with Crippen molar-refractivity contribution in [3.63, 3.8) is 0 Å². The van der Waals surface area contributed by atoms with Crippen molar-refractivity contribution in [3.8, 4) is 11.1 Å². The monoisotopic (exact) mass is 593 g/mol. The summed E-state index contributed by atoms with van der Waals surface area (Å²) < 4.78 is 90.0. The first-order valence-corrected chi connectivity index (χ1v) is 15.1. The first-order valence-electron chi connectivity index (χ1n) is 12.1. The molecular weight excluding hydrogens is 567 g/mol. The summed E-state index contributed by atoms with van der Waals surface area (Å²) in [5.41, 5.74) is -3.56. The molecule has 1 atom stereocenters. The zero-order chi connectivity index (χ0) is 29.0. The number of sulfonamides is 1. The second-order valence-electron chi connectivity index (χ2n) is 8.91. The minimum atomic E-state index is -5.46. The molecule has 0 fully saturated rings. The van der Waals surface area contributed by atoms with Crippen LogP contribution in [0, 0.1) is 0 Å². The minimum absolute atomic E-state index is 0.0601. The first kappa shape index (κ1) is 29.6. The van der Waals surface area contributed by atoms with Crippen LogP contribution in [0.15, 0.2) is 95.0 Å². The lowest BCUT2D eigenvalue weighted by Gasteiger charge is -2.14. The lowest BCUT2D eigenvalue weighted by molar-refractivity contribution is -0.0436. The van der Waals surface area contributed by atoms with Crippen molar-refractivity contribution in [1.29, 1.82) is 0 Å². The lowest BCUT2D eigenvalue weighted by atomic mass is 10.0. The molecule has 0 bridgehead atoms. The van der Waals surface area contributed by atoms with Gasteiger partial charge in [-0.25, -0.2) is 21.6 Å². The highest BCUT2D eigenvalue weighted by molar-refractivity contribution is 7.92. The summed E-state index contributed by atoms with van der Waals surface area (Å²) in [5, 5.41) is 14.5. The fourth-order valence-electron chi connectivity index (χ4n) is 4.08. The summed E-state index contributed by atoms with van der Waals surface area (Å²) in [7, 11) is -9.35. The lowest BCUT2D eigenvalue weighted by Crippen LogP contribution is -2.32. The Balaban J connectivity index is 1.33. The molecule has 40 heavy (non-hydrogen) atoms. The Morgan fingerprint density at radius 1 is 0.850 bits per heavy atom. The molecule has 8 nitrogen and oxygen atoms in total. The quantitative estimate of drug-likeness (QED) is 0.223. The highest BCUT2D eigenvalue weighted by Crippen LogP contribution is 2.31. The number of sulfone groups is 1. The molecule has 0 radical (unpaired) electrons. The van der Waals surface area contributed by atoms with Gasteiger partial charge < -0.3 is 10.4 Å². The van der Waals surface area contributed by atoms with Crippen molar-refractivity contribution in [2.45, 2.75) is 27.8 Å². The summed E-state index contributed by atoms with van der Waals surface area (Å²) in [4.78, 5) is 3.33. The van der Waals surface area contributed by atoms with E-state index in [1.807, 2.05) is 36.4 Å². The number of aliphatic hydroxyl groups excluding tert-OH is 1. The molecule has 4 rings (SSSR count). The summed E-state index contributed by atoms with van der Waals surface area (Å²) in [6, 6.07) is 18.4. The van der Waals surface area contributed by atoms with Gasteiger partial charge in [-0.3, -0.25) is 4.98 Å². The topological polar surface area (TPSA) is 125 Å². The van der Waals surface area contributed by atoms with Gasteiger partial charge in [0, 0.05) is 36.3 Å². The molecular formula is C27H26F3N3O5S2. The van der Waals surface area contributed by atoms with E-state index in [0.29, 0.717) is 10.8 Å². The van der Waals surface area contributed by atoms with Crippen LogP contribution in [0.1, 0.15) is 18.1 Å².